The third-order valence-electron chi connectivity index (χ3n) is 2.36. The molecule has 0 unspecified atom stereocenters. The van der Waals surface area contributed by atoms with Gasteiger partial charge >= 0.3 is 5.56 Å². The lowest BCUT2D eigenvalue weighted by molar-refractivity contribution is 0.907. The van der Waals surface area contributed by atoms with Crippen LogP contribution in [0.4, 0.5) is 11.5 Å². The summed E-state index contributed by atoms with van der Waals surface area (Å²) in [6.45, 7) is 0. The zero-order valence-corrected chi connectivity index (χ0v) is 9.89. The van der Waals surface area contributed by atoms with Gasteiger partial charge in [0.15, 0.2) is 10.8 Å². The van der Waals surface area contributed by atoms with E-state index in [2.05, 4.69) is 15.1 Å². The van der Waals surface area contributed by atoms with E-state index in [1.54, 1.807) is 18.3 Å². The molecule has 0 amide bonds. The van der Waals surface area contributed by atoms with E-state index in [9.17, 15) is 4.79 Å². The van der Waals surface area contributed by atoms with Gasteiger partial charge in [0.2, 0.25) is 4.96 Å². The number of hydrogen-bond donors (Lipinski definition) is 2. The second-order valence-electron chi connectivity index (χ2n) is 3.53. The monoisotopic (exact) mass is 260 g/mol. The molecule has 0 fully saturated rings. The zero-order chi connectivity index (χ0) is 12.7. The van der Waals surface area contributed by atoms with E-state index >= 15 is 0 Å². The molecule has 0 saturated carbocycles. The summed E-state index contributed by atoms with van der Waals surface area (Å²) in [5.41, 5.74) is 11.2. The van der Waals surface area contributed by atoms with Gasteiger partial charge in [0.25, 0.3) is 0 Å². The molecule has 0 radical (unpaired) electrons. The molecule has 3 aromatic rings. The van der Waals surface area contributed by atoms with E-state index in [1.807, 2.05) is 6.07 Å². The second-order valence-corrected chi connectivity index (χ2v) is 4.49. The molecule has 0 spiro atoms. The smallest absolute Gasteiger partial charge is 0.300 e. The SMILES string of the molecule is Nc1nc2sc(-c3ccccn3)nn2c(=O)c1N. The fraction of sp³-hybridized carbons (Fsp3) is 0. The van der Waals surface area contributed by atoms with Gasteiger partial charge in [0.1, 0.15) is 11.4 Å². The lowest BCUT2D eigenvalue weighted by Crippen LogP contribution is -2.20. The fourth-order valence-corrected chi connectivity index (χ4v) is 2.34. The maximum absolute atomic E-state index is 11.8. The highest BCUT2D eigenvalue weighted by Gasteiger charge is 2.13. The predicted octanol–water partition coefficient (Wildman–Crippen LogP) is 0.377. The van der Waals surface area contributed by atoms with Crippen molar-refractivity contribution in [3.05, 3.63) is 34.7 Å². The van der Waals surface area contributed by atoms with Crippen LogP contribution in [0.1, 0.15) is 0 Å². The zero-order valence-electron chi connectivity index (χ0n) is 9.07. The second kappa shape index (κ2) is 3.77. The Bertz CT molecular complexity index is 778. The van der Waals surface area contributed by atoms with Crippen molar-refractivity contribution < 1.29 is 0 Å². The number of nitrogens with zero attached hydrogens (tertiary/aromatic N) is 4. The lowest BCUT2D eigenvalue weighted by Gasteiger charge is -1.96. The molecule has 3 rings (SSSR count). The first kappa shape index (κ1) is 10.7. The van der Waals surface area contributed by atoms with Gasteiger partial charge < -0.3 is 11.5 Å². The highest BCUT2D eigenvalue weighted by molar-refractivity contribution is 7.19. The van der Waals surface area contributed by atoms with E-state index in [1.165, 1.54) is 11.3 Å². The molecule has 0 aromatic carbocycles. The van der Waals surface area contributed by atoms with Gasteiger partial charge in [-0.15, -0.1) is 5.10 Å². The van der Waals surface area contributed by atoms with E-state index in [0.717, 1.165) is 4.52 Å². The molecule has 3 heterocycles. The first-order chi connectivity index (χ1) is 8.66. The van der Waals surface area contributed by atoms with Crippen molar-refractivity contribution in [2.24, 2.45) is 0 Å². The maximum Gasteiger partial charge on any atom is 0.300 e. The van der Waals surface area contributed by atoms with Gasteiger partial charge in [-0.05, 0) is 12.1 Å². The molecule has 0 atom stereocenters. The number of rotatable bonds is 1. The molecular formula is C10H8N6OS. The Labute approximate surface area is 105 Å². The van der Waals surface area contributed by atoms with Crippen LogP contribution in [0.3, 0.4) is 0 Å². The average molecular weight is 260 g/mol. The van der Waals surface area contributed by atoms with Gasteiger partial charge in [-0.2, -0.15) is 9.50 Å². The number of nitrogens with two attached hydrogens (primary N) is 2. The molecule has 0 bridgehead atoms. The van der Waals surface area contributed by atoms with Gasteiger partial charge in [-0.3, -0.25) is 9.78 Å². The molecule has 0 aliphatic carbocycles. The Balaban J connectivity index is 2.30. The van der Waals surface area contributed by atoms with Crippen LogP contribution in [0.25, 0.3) is 15.7 Å². The van der Waals surface area contributed by atoms with Crippen LogP contribution in [-0.4, -0.2) is 19.6 Å². The molecule has 0 aliphatic heterocycles. The number of pyridine rings is 1. The van der Waals surface area contributed by atoms with Crippen LogP contribution in [0.15, 0.2) is 29.2 Å². The molecule has 3 aromatic heterocycles. The number of hydrogen-bond acceptors (Lipinski definition) is 7. The molecule has 8 heteroatoms. The Morgan fingerprint density at radius 2 is 2.11 bits per heavy atom. The van der Waals surface area contributed by atoms with Crippen molar-refractivity contribution in [1.82, 2.24) is 19.6 Å². The molecule has 4 N–H and O–H groups in total. The summed E-state index contributed by atoms with van der Waals surface area (Å²) in [6, 6.07) is 5.44. The minimum absolute atomic E-state index is 0.0243. The summed E-state index contributed by atoms with van der Waals surface area (Å²) in [6.07, 6.45) is 1.65. The molecule has 0 saturated heterocycles. The van der Waals surface area contributed by atoms with Crippen LogP contribution >= 0.6 is 11.3 Å². The summed E-state index contributed by atoms with van der Waals surface area (Å²) >= 11 is 1.23. The Morgan fingerprint density at radius 3 is 2.83 bits per heavy atom. The van der Waals surface area contributed by atoms with Crippen molar-refractivity contribution >= 4 is 27.8 Å². The highest BCUT2D eigenvalue weighted by atomic mass is 32.1. The van der Waals surface area contributed by atoms with Crippen molar-refractivity contribution in [3.63, 3.8) is 0 Å². The normalized spacial score (nSPS) is 10.9. The van der Waals surface area contributed by atoms with Crippen molar-refractivity contribution in [2.45, 2.75) is 0 Å². The van der Waals surface area contributed by atoms with Crippen molar-refractivity contribution in [3.8, 4) is 10.7 Å². The molecule has 0 aliphatic rings. The lowest BCUT2D eigenvalue weighted by atomic mass is 10.4. The molecule has 7 nitrogen and oxygen atoms in total. The van der Waals surface area contributed by atoms with E-state index in [-0.39, 0.29) is 11.5 Å². The van der Waals surface area contributed by atoms with E-state index < -0.39 is 5.56 Å². The van der Waals surface area contributed by atoms with Crippen molar-refractivity contribution in [2.75, 3.05) is 11.5 Å². The number of anilines is 2. The minimum atomic E-state index is -0.462. The number of fused-ring (bicyclic) bond motifs is 1. The highest BCUT2D eigenvalue weighted by Crippen LogP contribution is 2.23. The minimum Gasteiger partial charge on any atom is -0.391 e. The molecule has 18 heavy (non-hydrogen) atoms. The quantitative estimate of drug-likeness (QED) is 0.654. The number of nitrogen functional groups attached to an aromatic ring is 2. The third kappa shape index (κ3) is 1.51. The first-order valence-electron chi connectivity index (χ1n) is 5.03. The van der Waals surface area contributed by atoms with Crippen LogP contribution < -0.4 is 17.0 Å². The third-order valence-corrected chi connectivity index (χ3v) is 3.29. The largest absolute Gasteiger partial charge is 0.391 e. The number of aromatic nitrogens is 4. The first-order valence-corrected chi connectivity index (χ1v) is 5.84. The van der Waals surface area contributed by atoms with Gasteiger partial charge in [-0.1, -0.05) is 17.4 Å². The Morgan fingerprint density at radius 1 is 1.28 bits per heavy atom. The van der Waals surface area contributed by atoms with E-state index in [0.29, 0.717) is 15.7 Å². The Hall–Kier alpha value is -2.48. The summed E-state index contributed by atoms with van der Waals surface area (Å²) in [5, 5.41) is 4.73. The van der Waals surface area contributed by atoms with E-state index in [4.69, 9.17) is 11.5 Å². The topological polar surface area (TPSA) is 112 Å². The molecular weight excluding hydrogens is 252 g/mol. The van der Waals surface area contributed by atoms with Crippen LogP contribution in [-0.2, 0) is 0 Å². The van der Waals surface area contributed by atoms with Gasteiger partial charge in [0.05, 0.1) is 0 Å². The predicted molar refractivity (Wildman–Crippen MR) is 69.2 cm³/mol. The standard InChI is InChI=1S/C10H8N6OS/c11-6-7(12)14-10-16(9(6)17)15-8(18-10)5-3-1-2-4-13-5/h1-4H,11-12H2. The summed E-state index contributed by atoms with van der Waals surface area (Å²) in [4.78, 5) is 20.4. The van der Waals surface area contributed by atoms with Crippen LogP contribution in [0, 0.1) is 0 Å². The summed E-state index contributed by atoms with van der Waals surface area (Å²) < 4.78 is 1.14. The maximum atomic E-state index is 11.8. The molecule has 90 valence electrons. The summed E-state index contributed by atoms with van der Waals surface area (Å²) in [5.74, 6) is 0.0243. The van der Waals surface area contributed by atoms with Gasteiger partial charge in [-0.25, -0.2) is 0 Å². The van der Waals surface area contributed by atoms with Gasteiger partial charge in [0, 0.05) is 6.20 Å². The van der Waals surface area contributed by atoms with Crippen LogP contribution in [0.5, 0.6) is 0 Å². The fourth-order valence-electron chi connectivity index (χ4n) is 1.47. The van der Waals surface area contributed by atoms with Crippen molar-refractivity contribution in [1.29, 1.82) is 0 Å². The average Bonchev–Trinajstić information content (AvgIpc) is 2.81. The van der Waals surface area contributed by atoms with Crippen LogP contribution in [0.2, 0.25) is 0 Å². The summed E-state index contributed by atoms with van der Waals surface area (Å²) in [7, 11) is 0. The Kier molecular flexibility index (Phi) is 2.23.